The van der Waals surface area contributed by atoms with Crippen LogP contribution in [0.5, 0.6) is 0 Å². The molecule has 0 amide bonds. The second-order valence-corrected chi connectivity index (χ2v) is 15.3. The molecule has 2 aliphatic rings. The van der Waals surface area contributed by atoms with Crippen LogP contribution in [-0.4, -0.2) is 0 Å². The van der Waals surface area contributed by atoms with E-state index in [1.807, 2.05) is 11.3 Å². The van der Waals surface area contributed by atoms with E-state index in [4.69, 9.17) is 0 Å². The number of hydrogen-bond donors (Lipinski definition) is 0. The fourth-order valence-corrected chi connectivity index (χ4v) is 11.2. The fraction of sp³-hybridized carbons (Fsp3) is 0.0196. The highest BCUT2D eigenvalue weighted by Gasteiger charge is 2.52. The van der Waals surface area contributed by atoms with Crippen LogP contribution in [-0.2, 0) is 5.41 Å². The summed E-state index contributed by atoms with van der Waals surface area (Å²) >= 11 is 1.94. The number of benzene rings is 9. The zero-order valence-corrected chi connectivity index (χ0v) is 29.0. The summed E-state index contributed by atoms with van der Waals surface area (Å²) in [5.41, 5.74) is 15.6. The van der Waals surface area contributed by atoms with Gasteiger partial charge in [-0.1, -0.05) is 170 Å². The lowest BCUT2D eigenvalue weighted by Crippen LogP contribution is -2.25. The summed E-state index contributed by atoms with van der Waals surface area (Å²) in [6.45, 7) is 0. The zero-order chi connectivity index (χ0) is 34.0. The van der Waals surface area contributed by atoms with E-state index in [9.17, 15) is 0 Å². The first-order valence-corrected chi connectivity index (χ1v) is 18.9. The van der Waals surface area contributed by atoms with E-state index in [-0.39, 0.29) is 0 Å². The van der Waals surface area contributed by atoms with Gasteiger partial charge in [0, 0.05) is 25.7 Å². The van der Waals surface area contributed by atoms with Gasteiger partial charge in [-0.15, -0.1) is 11.3 Å². The number of thiophene rings is 1. The van der Waals surface area contributed by atoms with Crippen molar-refractivity contribution in [3.05, 3.63) is 204 Å². The Morgan fingerprint density at radius 1 is 0.308 bits per heavy atom. The van der Waals surface area contributed by atoms with Gasteiger partial charge in [-0.25, -0.2) is 0 Å². The third kappa shape index (κ3) is 3.51. The van der Waals surface area contributed by atoms with E-state index in [1.165, 1.54) is 108 Å². The lowest BCUT2D eigenvalue weighted by atomic mass is 9.70. The van der Waals surface area contributed by atoms with Crippen molar-refractivity contribution in [3.8, 4) is 44.5 Å². The summed E-state index contributed by atoms with van der Waals surface area (Å²) in [5, 5.41) is 7.81. The summed E-state index contributed by atoms with van der Waals surface area (Å²) in [6, 6.07) is 68.3. The minimum absolute atomic E-state index is 0.423. The lowest BCUT2D eigenvalue weighted by Gasteiger charge is -2.31. The van der Waals surface area contributed by atoms with E-state index in [0.717, 1.165) is 0 Å². The average molecular weight is 675 g/mol. The van der Waals surface area contributed by atoms with E-state index >= 15 is 0 Å². The second kappa shape index (κ2) is 10.4. The van der Waals surface area contributed by atoms with Crippen LogP contribution in [0.15, 0.2) is 182 Å². The van der Waals surface area contributed by atoms with Crippen LogP contribution < -0.4 is 0 Å². The first-order valence-electron chi connectivity index (χ1n) is 18.1. The maximum Gasteiger partial charge on any atom is 0.0726 e. The molecule has 52 heavy (non-hydrogen) atoms. The van der Waals surface area contributed by atoms with Crippen molar-refractivity contribution < 1.29 is 0 Å². The molecule has 0 aliphatic heterocycles. The maximum atomic E-state index is 2.56. The first kappa shape index (κ1) is 28.4. The van der Waals surface area contributed by atoms with Crippen molar-refractivity contribution in [3.63, 3.8) is 0 Å². The number of fused-ring (bicyclic) bond motifs is 16. The van der Waals surface area contributed by atoms with Crippen LogP contribution >= 0.6 is 11.3 Å². The topological polar surface area (TPSA) is 0 Å². The highest BCUT2D eigenvalue weighted by Crippen LogP contribution is 2.65. The van der Waals surface area contributed by atoms with Gasteiger partial charge >= 0.3 is 0 Å². The van der Waals surface area contributed by atoms with Crippen molar-refractivity contribution in [2.24, 2.45) is 0 Å². The molecule has 2 aliphatic carbocycles. The van der Waals surface area contributed by atoms with Gasteiger partial charge in [-0.2, -0.15) is 0 Å². The van der Waals surface area contributed by atoms with Gasteiger partial charge in [0.2, 0.25) is 0 Å². The summed E-state index contributed by atoms with van der Waals surface area (Å²) in [7, 11) is 0. The number of rotatable bonds is 2. The van der Waals surface area contributed by atoms with Crippen molar-refractivity contribution in [1.82, 2.24) is 0 Å². The molecular weight excluding hydrogens is 645 g/mol. The Morgan fingerprint density at radius 3 is 1.50 bits per heavy atom. The largest absolute Gasteiger partial charge is 0.135 e. The highest BCUT2D eigenvalue weighted by molar-refractivity contribution is 7.26. The van der Waals surface area contributed by atoms with Gasteiger partial charge in [0.1, 0.15) is 0 Å². The van der Waals surface area contributed by atoms with Crippen molar-refractivity contribution in [2.45, 2.75) is 5.41 Å². The molecule has 0 nitrogen and oxygen atoms in total. The normalized spacial score (nSPS) is 13.5. The summed E-state index contributed by atoms with van der Waals surface area (Å²) in [6.07, 6.45) is 0. The minimum Gasteiger partial charge on any atom is -0.135 e. The van der Waals surface area contributed by atoms with Gasteiger partial charge in [0.25, 0.3) is 0 Å². The molecule has 0 atom stereocenters. The molecule has 1 aromatic heterocycles. The molecule has 240 valence electrons. The molecule has 0 unspecified atom stereocenters. The molecule has 0 saturated carbocycles. The maximum absolute atomic E-state index is 2.56. The fourth-order valence-electron chi connectivity index (χ4n) is 9.91. The summed E-state index contributed by atoms with van der Waals surface area (Å²) < 4.78 is 2.73. The standard InChI is InChI=1S/C51H30S/c1-2-14-31(15-3-1)47-36-19-4-6-21-38(36)48(39-22-7-5-20-37(39)47)32-26-27-41-45(30-32)51(42-23-11-8-16-33(42)34-17-9-12-24-43(34)51)44-29-28-40-35-18-10-13-25-46(35)52-50(40)49(41)44/h1-30H. The Kier molecular flexibility index (Phi) is 5.68. The van der Waals surface area contributed by atoms with Crippen LogP contribution in [0.4, 0.5) is 0 Å². The molecule has 0 fully saturated rings. The monoisotopic (exact) mass is 674 g/mol. The van der Waals surface area contributed by atoms with E-state index in [0.29, 0.717) is 0 Å². The van der Waals surface area contributed by atoms with Gasteiger partial charge in [-0.05, 0) is 94.9 Å². The Balaban J connectivity index is 1.23. The molecule has 1 spiro atoms. The van der Waals surface area contributed by atoms with Crippen molar-refractivity contribution >= 4 is 53.1 Å². The number of hydrogen-bond acceptors (Lipinski definition) is 1. The smallest absolute Gasteiger partial charge is 0.0726 e. The molecule has 0 radical (unpaired) electrons. The second-order valence-electron chi connectivity index (χ2n) is 14.3. The molecule has 1 heterocycles. The van der Waals surface area contributed by atoms with Gasteiger partial charge in [0.15, 0.2) is 0 Å². The highest BCUT2D eigenvalue weighted by atomic mass is 32.1. The average Bonchev–Trinajstić information content (AvgIpc) is 3.84. The molecule has 0 bridgehead atoms. The molecule has 0 N–H and O–H groups in total. The third-order valence-electron chi connectivity index (χ3n) is 11.9. The van der Waals surface area contributed by atoms with Gasteiger partial charge < -0.3 is 0 Å². The SMILES string of the molecule is c1ccc(-c2c3ccccc3c(-c3ccc4c(c3)C3(c5ccccc5-c5ccccc53)c3ccc5c(sc6ccccc65)c3-4)c3ccccc23)cc1. The van der Waals surface area contributed by atoms with Crippen LogP contribution in [0.25, 0.3) is 86.2 Å². The Bertz CT molecular complexity index is 3020. The summed E-state index contributed by atoms with van der Waals surface area (Å²) in [4.78, 5) is 0. The van der Waals surface area contributed by atoms with Crippen LogP contribution in [0.3, 0.4) is 0 Å². The molecule has 10 aromatic rings. The quantitative estimate of drug-likeness (QED) is 0.160. The predicted molar refractivity (Wildman–Crippen MR) is 222 cm³/mol. The van der Waals surface area contributed by atoms with Gasteiger partial charge in [-0.3, -0.25) is 0 Å². The van der Waals surface area contributed by atoms with Crippen molar-refractivity contribution in [1.29, 1.82) is 0 Å². The zero-order valence-electron chi connectivity index (χ0n) is 28.2. The van der Waals surface area contributed by atoms with E-state index in [2.05, 4.69) is 182 Å². The van der Waals surface area contributed by atoms with Gasteiger partial charge in [0.05, 0.1) is 5.41 Å². The molecule has 0 saturated heterocycles. The lowest BCUT2D eigenvalue weighted by molar-refractivity contribution is 0.795. The summed E-state index contributed by atoms with van der Waals surface area (Å²) in [5.74, 6) is 0. The Hall–Kier alpha value is -6.28. The molecule has 9 aromatic carbocycles. The first-order chi connectivity index (χ1) is 25.8. The van der Waals surface area contributed by atoms with Crippen molar-refractivity contribution in [2.75, 3.05) is 0 Å². The van der Waals surface area contributed by atoms with Crippen LogP contribution in [0.2, 0.25) is 0 Å². The Morgan fingerprint density at radius 2 is 0.846 bits per heavy atom. The van der Waals surface area contributed by atoms with Crippen LogP contribution in [0, 0.1) is 0 Å². The van der Waals surface area contributed by atoms with E-state index < -0.39 is 5.41 Å². The Labute approximate surface area is 305 Å². The molecule has 1 heteroatoms. The minimum atomic E-state index is -0.423. The predicted octanol–water partition coefficient (Wildman–Crippen LogP) is 14.0. The van der Waals surface area contributed by atoms with E-state index in [1.54, 1.807) is 0 Å². The molecule has 12 rings (SSSR count). The van der Waals surface area contributed by atoms with Crippen LogP contribution in [0.1, 0.15) is 22.3 Å². The third-order valence-corrected chi connectivity index (χ3v) is 13.1. The molecular formula is C51H30S.